The molecule has 0 bridgehead atoms. The quantitative estimate of drug-likeness (QED) is 0.329. The van der Waals surface area contributed by atoms with Crippen molar-refractivity contribution in [3.63, 3.8) is 0 Å². The molecule has 1 aromatic carbocycles. The van der Waals surface area contributed by atoms with Gasteiger partial charge in [0, 0.05) is 55.0 Å². The molecule has 1 saturated heterocycles. The number of nitrogens with one attached hydrogen (secondary N) is 2. The van der Waals surface area contributed by atoms with E-state index in [1.165, 1.54) is 0 Å². The molecular weight excluding hydrogens is 539 g/mol. The van der Waals surface area contributed by atoms with Gasteiger partial charge in [0.1, 0.15) is 5.69 Å². The van der Waals surface area contributed by atoms with E-state index in [4.69, 9.17) is 4.52 Å². The second-order valence-electron chi connectivity index (χ2n) is 9.76. The number of hydrogen-bond donors (Lipinski definition) is 2. The maximum Gasteiger partial charge on any atom is 0.509 e. The molecule has 11 nitrogen and oxygen atoms in total. The van der Waals surface area contributed by atoms with Crippen LogP contribution in [0.25, 0.3) is 10.9 Å². The Kier molecular flexibility index (Phi) is 9.09. The highest BCUT2D eigenvalue weighted by molar-refractivity contribution is 7.92. The van der Waals surface area contributed by atoms with Gasteiger partial charge in [-0.3, -0.25) is 9.52 Å². The van der Waals surface area contributed by atoms with Gasteiger partial charge in [0.05, 0.1) is 25.1 Å². The number of aromatic nitrogens is 2. The number of hydrogen-bond acceptors (Lipinski definition) is 8. The molecule has 0 aliphatic carbocycles. The molecule has 4 rings (SSSR count). The average molecular weight is 576 g/mol. The summed E-state index contributed by atoms with van der Waals surface area (Å²) in [5.74, 6) is 0.745. The van der Waals surface area contributed by atoms with E-state index in [-0.39, 0.29) is 18.1 Å². The van der Waals surface area contributed by atoms with Crippen molar-refractivity contribution in [2.45, 2.75) is 33.4 Å². The van der Waals surface area contributed by atoms with E-state index in [0.29, 0.717) is 50.7 Å². The van der Waals surface area contributed by atoms with Crippen LogP contribution in [-0.4, -0.2) is 80.0 Å². The van der Waals surface area contributed by atoms with Gasteiger partial charge in [-0.05, 0) is 61.7 Å². The lowest BCUT2D eigenvalue weighted by molar-refractivity contribution is 0.0736. The van der Waals surface area contributed by atoms with E-state index in [1.54, 1.807) is 37.4 Å². The minimum atomic E-state index is -3.45. The van der Waals surface area contributed by atoms with Crippen molar-refractivity contribution in [3.05, 3.63) is 48.3 Å². The van der Waals surface area contributed by atoms with Crippen LogP contribution in [0.15, 0.2) is 42.6 Å². The molecule has 39 heavy (non-hydrogen) atoms. The van der Waals surface area contributed by atoms with Crippen LogP contribution in [0.1, 0.15) is 31.3 Å². The van der Waals surface area contributed by atoms with Gasteiger partial charge < -0.3 is 19.7 Å². The van der Waals surface area contributed by atoms with Crippen molar-refractivity contribution < 1.29 is 22.3 Å². The first-order valence-corrected chi connectivity index (χ1v) is 16.3. The topological polar surface area (TPSA) is 126 Å². The smallest absolute Gasteiger partial charge is 0.380 e. The fourth-order valence-corrected chi connectivity index (χ4v) is 6.05. The summed E-state index contributed by atoms with van der Waals surface area (Å²) in [4.78, 5) is 22.4. The molecule has 0 radical (unpaired) electrons. The van der Waals surface area contributed by atoms with Gasteiger partial charge in [0.25, 0.3) is 5.91 Å². The number of nitrogens with zero attached hydrogens (tertiary/aromatic N) is 4. The Morgan fingerprint density at radius 3 is 2.56 bits per heavy atom. The third-order valence-electron chi connectivity index (χ3n) is 6.30. The monoisotopic (exact) mass is 575 g/mol. The van der Waals surface area contributed by atoms with Crippen molar-refractivity contribution in [1.82, 2.24) is 14.5 Å². The van der Waals surface area contributed by atoms with Crippen molar-refractivity contribution in [2.24, 2.45) is 0 Å². The van der Waals surface area contributed by atoms with Crippen LogP contribution in [0, 0.1) is 0 Å². The summed E-state index contributed by atoms with van der Waals surface area (Å²) in [5.41, 5.74) is 2.61. The average Bonchev–Trinajstić information content (AvgIpc) is 3.24. The molecule has 1 aliphatic rings. The first kappa shape index (κ1) is 28.8. The maximum atomic E-state index is 13.8. The SMILES string of the molecule is CCO[P+](=O)CCn1c(C(=O)N2CCN(c3ncccc3NC(C)C)CC2)cc2cc(NS(C)(=O)=O)ccc21. The van der Waals surface area contributed by atoms with E-state index in [9.17, 15) is 17.8 Å². The third-order valence-corrected chi connectivity index (χ3v) is 8.02. The fourth-order valence-electron chi connectivity index (χ4n) is 4.71. The summed E-state index contributed by atoms with van der Waals surface area (Å²) in [6.07, 6.45) is 3.13. The minimum absolute atomic E-state index is 0.128. The van der Waals surface area contributed by atoms with Gasteiger partial charge in [-0.1, -0.05) is 0 Å². The molecule has 1 fully saturated rings. The fraction of sp³-hybridized carbons (Fsp3) is 0.462. The first-order valence-electron chi connectivity index (χ1n) is 13.0. The Morgan fingerprint density at radius 2 is 1.90 bits per heavy atom. The number of rotatable bonds is 11. The molecule has 1 unspecified atom stereocenters. The van der Waals surface area contributed by atoms with E-state index in [0.717, 1.165) is 28.7 Å². The van der Waals surface area contributed by atoms with Gasteiger partial charge >= 0.3 is 8.03 Å². The summed E-state index contributed by atoms with van der Waals surface area (Å²) in [7, 11) is -5.31. The summed E-state index contributed by atoms with van der Waals surface area (Å²) >= 11 is 0. The number of benzene rings is 1. The number of amides is 1. The molecule has 0 spiro atoms. The van der Waals surface area contributed by atoms with Crippen LogP contribution in [0.5, 0.6) is 0 Å². The summed E-state index contributed by atoms with van der Waals surface area (Å²) in [6, 6.07) is 11.1. The van der Waals surface area contributed by atoms with Gasteiger partial charge in [0.15, 0.2) is 12.0 Å². The zero-order valence-corrected chi connectivity index (χ0v) is 24.5. The molecule has 1 amide bonds. The number of aryl methyl sites for hydroxylation is 1. The molecule has 1 aliphatic heterocycles. The number of sulfonamides is 1. The van der Waals surface area contributed by atoms with Crippen molar-refractivity contribution in [2.75, 3.05) is 60.1 Å². The molecule has 3 aromatic rings. The second kappa shape index (κ2) is 12.3. The summed E-state index contributed by atoms with van der Waals surface area (Å²) < 4.78 is 45.3. The normalized spacial score (nSPS) is 14.6. The largest absolute Gasteiger partial charge is 0.509 e. The van der Waals surface area contributed by atoms with Crippen LogP contribution >= 0.6 is 8.03 Å². The van der Waals surface area contributed by atoms with Crippen molar-refractivity contribution >= 4 is 52.1 Å². The van der Waals surface area contributed by atoms with Crippen LogP contribution in [0.2, 0.25) is 0 Å². The molecule has 2 aromatic heterocycles. The molecular formula is C26H36N6O5PS+. The Hall–Kier alpha value is -3.21. The minimum Gasteiger partial charge on any atom is -0.380 e. The Labute approximate surface area is 230 Å². The zero-order valence-electron chi connectivity index (χ0n) is 22.8. The number of fused-ring (bicyclic) bond motifs is 1. The Balaban J connectivity index is 1.57. The van der Waals surface area contributed by atoms with Gasteiger partial charge in [0.2, 0.25) is 10.0 Å². The zero-order chi connectivity index (χ0) is 28.2. The van der Waals surface area contributed by atoms with E-state index in [2.05, 4.69) is 33.8 Å². The molecule has 3 heterocycles. The van der Waals surface area contributed by atoms with Gasteiger partial charge in [-0.15, -0.1) is 4.52 Å². The molecule has 2 N–H and O–H groups in total. The number of carbonyl (C=O) groups excluding carboxylic acids is 1. The number of pyridine rings is 1. The standard InChI is InChI=1S/C26H36N6O5PS/c1-5-37-38(34)16-15-32-23-9-8-21(29-39(4,35)36)17-20(23)18-24(32)26(33)31-13-11-30(12-14-31)25-22(28-19(2)3)7-6-10-27-25/h6-10,17-19,28-29H,5,11-16H2,1-4H3/q+1. The highest BCUT2D eigenvalue weighted by Crippen LogP contribution is 2.29. The maximum absolute atomic E-state index is 13.8. The summed E-state index contributed by atoms with van der Waals surface area (Å²) in [5, 5.41) is 4.16. The number of anilines is 3. The third kappa shape index (κ3) is 7.26. The molecule has 210 valence electrons. The Bertz CT molecular complexity index is 1450. The second-order valence-corrected chi connectivity index (χ2v) is 12.9. The van der Waals surface area contributed by atoms with E-state index >= 15 is 0 Å². The van der Waals surface area contributed by atoms with Crippen LogP contribution < -0.4 is 14.9 Å². The van der Waals surface area contributed by atoms with Gasteiger partial charge in [-0.25, -0.2) is 13.4 Å². The highest BCUT2D eigenvalue weighted by Gasteiger charge is 2.28. The number of carbonyl (C=O) groups is 1. The first-order chi connectivity index (χ1) is 18.6. The van der Waals surface area contributed by atoms with Gasteiger partial charge in [-0.2, -0.15) is 0 Å². The van der Waals surface area contributed by atoms with Crippen LogP contribution in [-0.2, 0) is 25.7 Å². The number of piperazine rings is 1. The predicted octanol–water partition coefficient (Wildman–Crippen LogP) is 3.97. The van der Waals surface area contributed by atoms with Crippen molar-refractivity contribution in [3.8, 4) is 0 Å². The van der Waals surface area contributed by atoms with Crippen molar-refractivity contribution in [1.29, 1.82) is 0 Å². The molecule has 0 saturated carbocycles. The lowest BCUT2D eigenvalue weighted by Gasteiger charge is -2.36. The highest BCUT2D eigenvalue weighted by atomic mass is 32.2. The lowest BCUT2D eigenvalue weighted by Crippen LogP contribution is -2.49. The summed E-state index contributed by atoms with van der Waals surface area (Å²) in [6.45, 7) is 8.94. The lowest BCUT2D eigenvalue weighted by atomic mass is 10.2. The van der Waals surface area contributed by atoms with E-state index in [1.807, 2.05) is 21.6 Å². The van der Waals surface area contributed by atoms with E-state index < -0.39 is 18.1 Å². The van der Waals surface area contributed by atoms with Crippen LogP contribution in [0.3, 0.4) is 0 Å². The Morgan fingerprint density at radius 1 is 1.15 bits per heavy atom. The molecule has 1 atom stereocenters. The predicted molar refractivity (Wildman–Crippen MR) is 156 cm³/mol. The molecule has 13 heteroatoms. The van der Waals surface area contributed by atoms with Crippen LogP contribution in [0.4, 0.5) is 17.2 Å².